The number of pyridine rings is 1. The molecule has 0 N–H and O–H groups in total. The molecule has 0 aliphatic carbocycles. The van der Waals surface area contributed by atoms with Gasteiger partial charge in [-0.3, -0.25) is 9.59 Å². The molecular formula is C25H26N6O2. The van der Waals surface area contributed by atoms with E-state index in [2.05, 4.69) is 16.1 Å². The molecule has 8 nitrogen and oxygen atoms in total. The monoisotopic (exact) mass is 442 g/mol. The second-order valence-corrected chi connectivity index (χ2v) is 8.73. The number of amides is 1. The van der Waals surface area contributed by atoms with E-state index in [0.29, 0.717) is 24.5 Å². The van der Waals surface area contributed by atoms with Gasteiger partial charge >= 0.3 is 0 Å². The number of carbonyl (C=O) groups excluding carboxylic acids is 1. The molecule has 0 radical (unpaired) electrons. The van der Waals surface area contributed by atoms with Crippen molar-refractivity contribution in [2.75, 3.05) is 0 Å². The van der Waals surface area contributed by atoms with E-state index >= 15 is 0 Å². The van der Waals surface area contributed by atoms with Gasteiger partial charge in [0.1, 0.15) is 11.4 Å². The first kappa shape index (κ1) is 20.9. The minimum atomic E-state index is -0.184. The fourth-order valence-electron chi connectivity index (χ4n) is 4.50. The van der Waals surface area contributed by atoms with Crippen LogP contribution in [0.4, 0.5) is 0 Å². The van der Waals surface area contributed by atoms with Gasteiger partial charge in [0.25, 0.3) is 11.5 Å². The van der Waals surface area contributed by atoms with E-state index in [-0.39, 0.29) is 17.5 Å². The zero-order chi connectivity index (χ0) is 23.3. The minimum Gasteiger partial charge on any atom is -0.329 e. The highest BCUT2D eigenvalue weighted by atomic mass is 16.2. The molecule has 1 aliphatic rings. The number of carbonyl (C=O) groups is 1. The number of imidazole rings is 1. The molecule has 1 atom stereocenters. The summed E-state index contributed by atoms with van der Waals surface area (Å²) in [6, 6.07) is 13.4. The van der Waals surface area contributed by atoms with Crippen molar-refractivity contribution >= 4 is 5.91 Å². The maximum absolute atomic E-state index is 13.4. The quantitative estimate of drug-likeness (QED) is 0.486. The maximum Gasteiger partial charge on any atom is 0.275 e. The Morgan fingerprint density at radius 3 is 2.55 bits per heavy atom. The summed E-state index contributed by atoms with van der Waals surface area (Å²) in [5.74, 6) is -0.143. The number of hydrogen-bond donors (Lipinski definition) is 0. The maximum atomic E-state index is 13.4. The van der Waals surface area contributed by atoms with Gasteiger partial charge in [-0.05, 0) is 63.6 Å². The smallest absolute Gasteiger partial charge is 0.275 e. The molecule has 8 heteroatoms. The van der Waals surface area contributed by atoms with Crippen LogP contribution in [-0.2, 0) is 13.1 Å². The summed E-state index contributed by atoms with van der Waals surface area (Å²) in [4.78, 5) is 32.6. The summed E-state index contributed by atoms with van der Waals surface area (Å²) in [6.07, 6.45) is 3.43. The van der Waals surface area contributed by atoms with Crippen molar-refractivity contribution in [3.8, 4) is 11.4 Å². The van der Waals surface area contributed by atoms with Crippen LogP contribution in [0.3, 0.4) is 0 Å². The van der Waals surface area contributed by atoms with E-state index in [1.165, 1.54) is 0 Å². The Morgan fingerprint density at radius 1 is 1.03 bits per heavy atom. The lowest BCUT2D eigenvalue weighted by Gasteiger charge is -2.35. The van der Waals surface area contributed by atoms with Crippen LogP contribution in [0.5, 0.6) is 0 Å². The van der Waals surface area contributed by atoms with Gasteiger partial charge in [-0.2, -0.15) is 5.10 Å². The number of benzene rings is 1. The van der Waals surface area contributed by atoms with Crippen LogP contribution in [0.15, 0.2) is 59.8 Å². The topological polar surface area (TPSA) is 78.0 Å². The third-order valence-corrected chi connectivity index (χ3v) is 6.12. The Kier molecular flexibility index (Phi) is 5.00. The van der Waals surface area contributed by atoms with E-state index in [4.69, 9.17) is 0 Å². The summed E-state index contributed by atoms with van der Waals surface area (Å²) >= 11 is 0. The highest BCUT2D eigenvalue weighted by Crippen LogP contribution is 2.22. The van der Waals surface area contributed by atoms with Crippen LogP contribution >= 0.6 is 0 Å². The van der Waals surface area contributed by atoms with E-state index in [1.807, 2.05) is 61.5 Å². The molecule has 4 aromatic rings. The van der Waals surface area contributed by atoms with Gasteiger partial charge in [0, 0.05) is 31.0 Å². The van der Waals surface area contributed by atoms with Gasteiger partial charge in [0.2, 0.25) is 0 Å². The number of fused-ring (bicyclic) bond motifs is 1. The molecule has 0 unspecified atom stereocenters. The molecule has 0 saturated carbocycles. The lowest BCUT2D eigenvalue weighted by atomic mass is 10.1. The van der Waals surface area contributed by atoms with Crippen LogP contribution in [0.25, 0.3) is 11.4 Å². The zero-order valence-corrected chi connectivity index (χ0v) is 19.2. The van der Waals surface area contributed by atoms with Crippen LogP contribution in [0, 0.1) is 20.8 Å². The van der Waals surface area contributed by atoms with Gasteiger partial charge < -0.3 is 14.0 Å². The van der Waals surface area contributed by atoms with E-state index in [0.717, 1.165) is 28.3 Å². The minimum absolute atomic E-state index is 0.125. The number of rotatable bonds is 4. The standard InChI is InChI=1S/C25H26N6O2/c1-16-10-18(3)31(27-16)21-7-5-6-20(11-21)14-29-19(4)13-30-23(25(29)33)9-8-22(24(30)32)28-12-17(2)26-15-28/h5-12,15,19H,13-14H2,1-4H3/t19-/m1/s1. The van der Waals surface area contributed by atoms with Crippen LogP contribution in [0.2, 0.25) is 0 Å². The summed E-state index contributed by atoms with van der Waals surface area (Å²) in [5, 5.41) is 4.56. The molecule has 4 heterocycles. The third kappa shape index (κ3) is 3.67. The summed E-state index contributed by atoms with van der Waals surface area (Å²) in [6.45, 7) is 8.76. The van der Waals surface area contributed by atoms with E-state index in [9.17, 15) is 9.59 Å². The first-order valence-electron chi connectivity index (χ1n) is 11.0. The van der Waals surface area contributed by atoms with Crippen molar-refractivity contribution in [3.63, 3.8) is 0 Å². The van der Waals surface area contributed by atoms with Gasteiger partial charge in [-0.15, -0.1) is 0 Å². The normalized spacial score (nSPS) is 15.7. The molecule has 0 bridgehead atoms. The van der Waals surface area contributed by atoms with Gasteiger partial charge in [-0.25, -0.2) is 9.67 Å². The Balaban J connectivity index is 1.45. The Bertz CT molecular complexity index is 1430. The zero-order valence-electron chi connectivity index (χ0n) is 19.2. The molecule has 0 fully saturated rings. The molecule has 1 aromatic carbocycles. The summed E-state index contributed by atoms with van der Waals surface area (Å²) < 4.78 is 5.20. The van der Waals surface area contributed by atoms with Crippen molar-refractivity contribution in [2.45, 2.75) is 46.8 Å². The second-order valence-electron chi connectivity index (χ2n) is 8.73. The lowest BCUT2D eigenvalue weighted by molar-refractivity contribution is 0.0590. The second kappa shape index (κ2) is 7.88. The number of nitrogens with zero attached hydrogens (tertiary/aromatic N) is 6. The number of hydrogen-bond acceptors (Lipinski definition) is 4. The Labute approximate surface area is 191 Å². The third-order valence-electron chi connectivity index (χ3n) is 6.12. The average molecular weight is 443 g/mol. The molecule has 5 rings (SSSR count). The number of aromatic nitrogens is 5. The summed E-state index contributed by atoms with van der Waals surface area (Å²) in [7, 11) is 0. The predicted octanol–water partition coefficient (Wildman–Crippen LogP) is 3.19. The Morgan fingerprint density at radius 2 is 1.85 bits per heavy atom. The van der Waals surface area contributed by atoms with Gasteiger partial charge in [0.15, 0.2) is 0 Å². The lowest BCUT2D eigenvalue weighted by Crippen LogP contribution is -2.49. The molecule has 1 aliphatic heterocycles. The fourth-order valence-corrected chi connectivity index (χ4v) is 4.50. The van der Waals surface area contributed by atoms with Crippen LogP contribution in [-0.4, -0.2) is 40.7 Å². The predicted molar refractivity (Wildman–Crippen MR) is 125 cm³/mol. The van der Waals surface area contributed by atoms with Crippen LogP contribution in [0.1, 0.15) is 40.1 Å². The number of aryl methyl sites for hydroxylation is 3. The van der Waals surface area contributed by atoms with Crippen molar-refractivity contribution in [1.29, 1.82) is 0 Å². The first-order valence-corrected chi connectivity index (χ1v) is 11.0. The largest absolute Gasteiger partial charge is 0.329 e. The van der Waals surface area contributed by atoms with E-state index < -0.39 is 0 Å². The van der Waals surface area contributed by atoms with Crippen molar-refractivity contribution in [3.05, 3.63) is 93.7 Å². The van der Waals surface area contributed by atoms with Crippen molar-refractivity contribution < 1.29 is 4.79 Å². The molecule has 0 spiro atoms. The first-order chi connectivity index (χ1) is 15.8. The van der Waals surface area contributed by atoms with Crippen molar-refractivity contribution in [2.24, 2.45) is 0 Å². The molecule has 33 heavy (non-hydrogen) atoms. The molecule has 168 valence electrons. The Hall–Kier alpha value is -3.94. The molecular weight excluding hydrogens is 416 g/mol. The van der Waals surface area contributed by atoms with Crippen LogP contribution < -0.4 is 5.56 Å². The van der Waals surface area contributed by atoms with E-state index in [1.54, 1.807) is 33.8 Å². The molecule has 0 saturated heterocycles. The van der Waals surface area contributed by atoms with Crippen molar-refractivity contribution in [1.82, 2.24) is 28.8 Å². The highest BCUT2D eigenvalue weighted by Gasteiger charge is 2.31. The summed E-state index contributed by atoms with van der Waals surface area (Å²) in [5.41, 5.74) is 5.55. The molecule has 3 aromatic heterocycles. The van der Waals surface area contributed by atoms with Gasteiger partial charge in [0.05, 0.1) is 23.4 Å². The fraction of sp³-hybridized carbons (Fsp3) is 0.280. The highest BCUT2D eigenvalue weighted by molar-refractivity contribution is 5.93. The average Bonchev–Trinajstić information content (AvgIpc) is 3.36. The van der Waals surface area contributed by atoms with Gasteiger partial charge in [-0.1, -0.05) is 12.1 Å². The SMILES string of the molecule is Cc1cn(-c2ccc3n(c2=O)C[C@@H](C)N(Cc2cccc(-n4nc(C)cc4C)c2)C3=O)cn1. The molecule has 1 amide bonds.